The average Bonchev–Trinajstić information content (AvgIpc) is 2.36. The van der Waals surface area contributed by atoms with Crippen molar-refractivity contribution in [1.29, 1.82) is 0 Å². The minimum absolute atomic E-state index is 0.0360. The first-order chi connectivity index (χ1) is 8.59. The Kier molecular flexibility index (Phi) is 2.73. The van der Waals surface area contributed by atoms with E-state index >= 15 is 0 Å². The number of benzene rings is 1. The Labute approximate surface area is 111 Å². The topological polar surface area (TPSA) is 38.9 Å². The number of anilines is 1. The maximum atomic E-state index is 14.1. The van der Waals surface area contributed by atoms with Gasteiger partial charge in [0.15, 0.2) is 5.82 Å². The zero-order valence-electron chi connectivity index (χ0n) is 9.56. The monoisotopic (exact) mass is 312 g/mol. The van der Waals surface area contributed by atoms with Crippen LogP contribution in [-0.2, 0) is 12.8 Å². The molecular weight excluding hydrogens is 302 g/mol. The van der Waals surface area contributed by atoms with Crippen molar-refractivity contribution >= 4 is 32.5 Å². The highest BCUT2D eigenvalue weighted by Crippen LogP contribution is 2.36. The van der Waals surface area contributed by atoms with Crippen LogP contribution in [-0.4, -0.2) is 4.98 Å². The summed E-state index contributed by atoms with van der Waals surface area (Å²) >= 11 is 3.00. The van der Waals surface area contributed by atoms with Gasteiger partial charge in [-0.15, -0.1) is 0 Å². The van der Waals surface area contributed by atoms with Gasteiger partial charge in [-0.05, 0) is 53.2 Å². The lowest BCUT2D eigenvalue weighted by Crippen LogP contribution is -2.11. The number of nitrogens with two attached hydrogens (primary N) is 1. The Morgan fingerprint density at radius 2 is 1.94 bits per heavy atom. The van der Waals surface area contributed by atoms with Crippen molar-refractivity contribution in [3.63, 3.8) is 0 Å². The highest BCUT2D eigenvalue weighted by Gasteiger charge is 2.21. The highest BCUT2D eigenvalue weighted by molar-refractivity contribution is 9.10. The number of pyridine rings is 1. The van der Waals surface area contributed by atoms with Crippen LogP contribution in [0.2, 0.25) is 0 Å². The number of hydrogen-bond acceptors (Lipinski definition) is 2. The van der Waals surface area contributed by atoms with Crippen molar-refractivity contribution < 1.29 is 8.78 Å². The van der Waals surface area contributed by atoms with E-state index in [1.54, 1.807) is 0 Å². The number of nitrogens with zero attached hydrogens (tertiary/aromatic N) is 1. The Morgan fingerprint density at radius 3 is 2.72 bits per heavy atom. The third kappa shape index (κ3) is 1.61. The number of fused-ring (bicyclic) bond motifs is 2. The van der Waals surface area contributed by atoms with Crippen molar-refractivity contribution in [1.82, 2.24) is 4.98 Å². The molecular formula is C13H11BrF2N2. The summed E-state index contributed by atoms with van der Waals surface area (Å²) in [5.74, 6) is -1.08. The molecule has 0 amide bonds. The van der Waals surface area contributed by atoms with Gasteiger partial charge in [-0.3, -0.25) is 0 Å². The second kappa shape index (κ2) is 4.16. The number of halogens is 3. The second-order valence-electron chi connectivity index (χ2n) is 4.54. The molecule has 0 radical (unpaired) electrons. The van der Waals surface area contributed by atoms with Crippen molar-refractivity contribution in [3.8, 4) is 0 Å². The SMILES string of the molecule is Nc1c2c(nc3c(F)cc(Br)c(F)c13)CCCC2. The summed E-state index contributed by atoms with van der Waals surface area (Å²) in [4.78, 5) is 4.26. The van der Waals surface area contributed by atoms with Crippen LogP contribution < -0.4 is 5.73 Å². The fourth-order valence-corrected chi connectivity index (χ4v) is 2.93. The first-order valence-corrected chi connectivity index (χ1v) is 6.63. The molecule has 0 saturated carbocycles. The lowest BCUT2D eigenvalue weighted by molar-refractivity contribution is 0.607. The Bertz CT molecular complexity index is 655. The van der Waals surface area contributed by atoms with Crippen LogP contribution in [0.4, 0.5) is 14.5 Å². The number of aromatic nitrogens is 1. The van der Waals surface area contributed by atoms with E-state index < -0.39 is 11.6 Å². The average molecular weight is 313 g/mol. The van der Waals surface area contributed by atoms with Crippen LogP contribution >= 0.6 is 15.9 Å². The van der Waals surface area contributed by atoms with Crippen LogP contribution in [0.1, 0.15) is 24.1 Å². The van der Waals surface area contributed by atoms with E-state index in [1.165, 1.54) is 0 Å². The van der Waals surface area contributed by atoms with Gasteiger partial charge in [0.05, 0.1) is 9.86 Å². The maximum Gasteiger partial charge on any atom is 0.150 e. The summed E-state index contributed by atoms with van der Waals surface area (Å²) in [6.45, 7) is 0. The van der Waals surface area contributed by atoms with Gasteiger partial charge in [0, 0.05) is 11.4 Å². The van der Waals surface area contributed by atoms with Crippen molar-refractivity contribution in [2.45, 2.75) is 25.7 Å². The van der Waals surface area contributed by atoms with Gasteiger partial charge >= 0.3 is 0 Å². The molecule has 0 fully saturated rings. The molecule has 1 aliphatic rings. The Hall–Kier alpha value is -1.23. The van der Waals surface area contributed by atoms with Crippen molar-refractivity contribution in [3.05, 3.63) is 33.4 Å². The first-order valence-electron chi connectivity index (χ1n) is 5.84. The quantitative estimate of drug-likeness (QED) is 0.753. The van der Waals surface area contributed by atoms with Crippen LogP contribution in [0, 0.1) is 11.6 Å². The molecule has 0 aliphatic heterocycles. The number of nitrogen functional groups attached to an aromatic ring is 1. The molecule has 94 valence electrons. The third-order valence-electron chi connectivity index (χ3n) is 3.43. The summed E-state index contributed by atoms with van der Waals surface area (Å²) in [6.07, 6.45) is 3.61. The zero-order chi connectivity index (χ0) is 12.9. The molecule has 2 N–H and O–H groups in total. The molecule has 2 nitrogen and oxygen atoms in total. The molecule has 3 rings (SSSR count). The standard InChI is InChI=1S/C13H11BrF2N2/c14-7-5-8(15)13-10(11(7)16)12(17)6-3-1-2-4-9(6)18-13/h5H,1-4H2,(H2,17,18). The van der Waals surface area contributed by atoms with E-state index in [0.717, 1.165) is 43.0 Å². The minimum atomic E-state index is -0.543. The third-order valence-corrected chi connectivity index (χ3v) is 4.00. The van der Waals surface area contributed by atoms with E-state index in [9.17, 15) is 8.78 Å². The number of rotatable bonds is 0. The summed E-state index contributed by atoms with van der Waals surface area (Å²) in [5, 5.41) is 0.0996. The molecule has 5 heteroatoms. The van der Waals surface area contributed by atoms with Gasteiger partial charge in [0.25, 0.3) is 0 Å². The van der Waals surface area contributed by atoms with E-state index in [0.29, 0.717) is 5.69 Å². The van der Waals surface area contributed by atoms with Crippen LogP contribution in [0.25, 0.3) is 10.9 Å². The highest BCUT2D eigenvalue weighted by atomic mass is 79.9. The smallest absolute Gasteiger partial charge is 0.150 e. The van der Waals surface area contributed by atoms with Gasteiger partial charge in [0.2, 0.25) is 0 Å². The van der Waals surface area contributed by atoms with Crippen molar-refractivity contribution in [2.75, 3.05) is 5.73 Å². The van der Waals surface area contributed by atoms with E-state index in [1.807, 2.05) is 0 Å². The summed E-state index contributed by atoms with van der Waals surface area (Å²) < 4.78 is 28.0. The van der Waals surface area contributed by atoms with Gasteiger partial charge in [-0.25, -0.2) is 13.8 Å². The molecule has 2 aromatic rings. The van der Waals surface area contributed by atoms with Crippen LogP contribution in [0.5, 0.6) is 0 Å². The summed E-state index contributed by atoms with van der Waals surface area (Å²) in [6, 6.07) is 1.10. The molecule has 0 unspecified atom stereocenters. The molecule has 1 aliphatic carbocycles. The normalized spacial score (nSPS) is 14.8. The predicted octanol–water partition coefficient (Wildman–Crippen LogP) is 3.74. The molecule has 0 spiro atoms. The zero-order valence-corrected chi connectivity index (χ0v) is 11.2. The van der Waals surface area contributed by atoms with Gasteiger partial charge < -0.3 is 5.73 Å². The first kappa shape index (κ1) is 11.8. The maximum absolute atomic E-state index is 14.1. The fourth-order valence-electron chi connectivity index (χ4n) is 2.53. The molecule has 0 saturated heterocycles. The molecule has 1 aromatic carbocycles. The Morgan fingerprint density at radius 1 is 1.22 bits per heavy atom. The van der Waals surface area contributed by atoms with E-state index in [-0.39, 0.29) is 15.4 Å². The second-order valence-corrected chi connectivity index (χ2v) is 5.39. The van der Waals surface area contributed by atoms with Gasteiger partial charge in [-0.2, -0.15) is 0 Å². The summed E-state index contributed by atoms with van der Waals surface area (Å²) in [5.41, 5.74) is 8.08. The fraction of sp³-hybridized carbons (Fsp3) is 0.308. The van der Waals surface area contributed by atoms with E-state index in [2.05, 4.69) is 20.9 Å². The van der Waals surface area contributed by atoms with Gasteiger partial charge in [0.1, 0.15) is 11.3 Å². The summed E-state index contributed by atoms with van der Waals surface area (Å²) in [7, 11) is 0. The van der Waals surface area contributed by atoms with E-state index in [4.69, 9.17) is 5.73 Å². The lowest BCUT2D eigenvalue weighted by Gasteiger charge is -2.19. The number of aryl methyl sites for hydroxylation is 1. The van der Waals surface area contributed by atoms with Crippen molar-refractivity contribution in [2.24, 2.45) is 0 Å². The van der Waals surface area contributed by atoms with Crippen LogP contribution in [0.15, 0.2) is 10.5 Å². The molecule has 0 atom stereocenters. The van der Waals surface area contributed by atoms with Crippen LogP contribution in [0.3, 0.4) is 0 Å². The molecule has 1 heterocycles. The van der Waals surface area contributed by atoms with Gasteiger partial charge in [-0.1, -0.05) is 0 Å². The Balaban J connectivity index is 2.46. The molecule has 18 heavy (non-hydrogen) atoms. The minimum Gasteiger partial charge on any atom is -0.398 e. The largest absolute Gasteiger partial charge is 0.398 e. The molecule has 0 bridgehead atoms. The predicted molar refractivity (Wildman–Crippen MR) is 70.4 cm³/mol. The lowest BCUT2D eigenvalue weighted by atomic mass is 9.93. The molecule has 1 aromatic heterocycles. The number of hydrogen-bond donors (Lipinski definition) is 1.